The lowest BCUT2D eigenvalue weighted by Crippen LogP contribution is -2.53. The number of likely N-dealkylation sites (tertiary alicyclic amines) is 1. The molecule has 0 radical (unpaired) electrons. The van der Waals surface area contributed by atoms with E-state index in [9.17, 15) is 9.59 Å². The van der Waals surface area contributed by atoms with Crippen LogP contribution in [0.2, 0.25) is 0 Å². The molecule has 4 rings (SSSR count). The number of nitrogens with zero attached hydrogens (tertiary/aromatic N) is 2. The van der Waals surface area contributed by atoms with Crippen LogP contribution >= 0.6 is 0 Å². The molecule has 5 nitrogen and oxygen atoms in total. The normalized spacial score (nSPS) is 23.6. The highest BCUT2D eigenvalue weighted by molar-refractivity contribution is 5.88. The summed E-state index contributed by atoms with van der Waals surface area (Å²) in [6.45, 7) is 2.12. The van der Waals surface area contributed by atoms with E-state index in [0.29, 0.717) is 13.1 Å². The number of fused-ring (bicyclic) bond motifs is 1. The molecule has 2 heterocycles. The standard InChI is InChI=1S/C21H29N3O2/c25-20(23-14-12-16-7-4-5-8-17(16)15-23)19-11-6-13-24(19)21(26)22-18-9-2-1-3-10-18/h4-5,7-8,18-19H,1-3,6,9-15H2,(H,22,26). The molecule has 1 saturated carbocycles. The van der Waals surface area contributed by atoms with Crippen molar-refractivity contribution in [2.75, 3.05) is 13.1 Å². The van der Waals surface area contributed by atoms with Crippen molar-refractivity contribution in [3.05, 3.63) is 35.4 Å². The first-order valence-corrected chi connectivity index (χ1v) is 10.1. The van der Waals surface area contributed by atoms with Gasteiger partial charge < -0.3 is 15.1 Å². The van der Waals surface area contributed by atoms with Crippen LogP contribution in [0.5, 0.6) is 0 Å². The number of urea groups is 1. The van der Waals surface area contributed by atoms with Crippen molar-refractivity contribution in [1.82, 2.24) is 15.1 Å². The van der Waals surface area contributed by atoms with Crippen LogP contribution in [-0.4, -0.2) is 46.9 Å². The molecular formula is C21H29N3O2. The molecular weight excluding hydrogens is 326 g/mol. The summed E-state index contributed by atoms with van der Waals surface area (Å²) < 4.78 is 0. The van der Waals surface area contributed by atoms with Gasteiger partial charge in [-0.25, -0.2) is 4.79 Å². The van der Waals surface area contributed by atoms with Crippen molar-refractivity contribution in [2.45, 2.75) is 70.0 Å². The van der Waals surface area contributed by atoms with Gasteiger partial charge in [-0.1, -0.05) is 43.5 Å². The Morgan fingerprint density at radius 2 is 1.69 bits per heavy atom. The molecule has 0 spiro atoms. The monoisotopic (exact) mass is 355 g/mol. The molecule has 2 fully saturated rings. The molecule has 1 unspecified atom stereocenters. The van der Waals surface area contributed by atoms with Crippen molar-refractivity contribution in [3.8, 4) is 0 Å². The van der Waals surface area contributed by atoms with Gasteiger partial charge in [0.15, 0.2) is 0 Å². The van der Waals surface area contributed by atoms with Crippen LogP contribution in [0.3, 0.4) is 0 Å². The Hall–Kier alpha value is -2.04. The van der Waals surface area contributed by atoms with Crippen molar-refractivity contribution in [3.63, 3.8) is 0 Å². The second kappa shape index (κ2) is 7.68. The largest absolute Gasteiger partial charge is 0.336 e. The van der Waals surface area contributed by atoms with E-state index in [1.165, 1.54) is 30.4 Å². The van der Waals surface area contributed by atoms with Crippen LogP contribution < -0.4 is 5.32 Å². The van der Waals surface area contributed by atoms with Crippen LogP contribution in [-0.2, 0) is 17.8 Å². The average molecular weight is 355 g/mol. The molecule has 1 aromatic rings. The fraction of sp³-hybridized carbons (Fsp3) is 0.619. The predicted molar refractivity (Wildman–Crippen MR) is 101 cm³/mol. The maximum absolute atomic E-state index is 13.1. The number of rotatable bonds is 2. The number of benzene rings is 1. The summed E-state index contributed by atoms with van der Waals surface area (Å²) in [5.41, 5.74) is 2.58. The first-order valence-electron chi connectivity index (χ1n) is 10.1. The van der Waals surface area contributed by atoms with Gasteiger partial charge >= 0.3 is 6.03 Å². The van der Waals surface area contributed by atoms with Gasteiger partial charge in [0, 0.05) is 25.7 Å². The third kappa shape index (κ3) is 3.57. The number of carbonyl (C=O) groups excluding carboxylic acids is 2. The number of hydrogen-bond acceptors (Lipinski definition) is 2. The van der Waals surface area contributed by atoms with Crippen LogP contribution in [0.4, 0.5) is 4.79 Å². The third-order valence-electron chi connectivity index (χ3n) is 6.17. The first-order chi connectivity index (χ1) is 12.7. The van der Waals surface area contributed by atoms with Gasteiger partial charge in [-0.2, -0.15) is 0 Å². The van der Waals surface area contributed by atoms with Crippen LogP contribution in [0.15, 0.2) is 24.3 Å². The molecule has 1 atom stereocenters. The summed E-state index contributed by atoms with van der Waals surface area (Å²) >= 11 is 0. The molecule has 1 aromatic carbocycles. The molecule has 1 N–H and O–H groups in total. The minimum atomic E-state index is -0.288. The Morgan fingerprint density at radius 3 is 2.50 bits per heavy atom. The first kappa shape index (κ1) is 17.4. The van der Waals surface area contributed by atoms with Crippen molar-refractivity contribution < 1.29 is 9.59 Å². The topological polar surface area (TPSA) is 52.7 Å². The van der Waals surface area contributed by atoms with Crippen LogP contribution in [0, 0.1) is 0 Å². The Bertz CT molecular complexity index is 669. The highest BCUT2D eigenvalue weighted by Gasteiger charge is 2.37. The lowest BCUT2D eigenvalue weighted by molar-refractivity contribution is -0.136. The van der Waals surface area contributed by atoms with E-state index < -0.39 is 0 Å². The second-order valence-electron chi connectivity index (χ2n) is 7.91. The lowest BCUT2D eigenvalue weighted by atomic mass is 9.96. The van der Waals surface area contributed by atoms with E-state index in [4.69, 9.17) is 0 Å². The number of hydrogen-bond donors (Lipinski definition) is 1. The van der Waals surface area contributed by atoms with E-state index in [1.807, 2.05) is 11.0 Å². The molecule has 3 aliphatic rings. The summed E-state index contributed by atoms with van der Waals surface area (Å²) in [6, 6.07) is 8.31. The Balaban J connectivity index is 1.39. The summed E-state index contributed by atoms with van der Waals surface area (Å²) in [5, 5.41) is 3.18. The number of amides is 3. The lowest BCUT2D eigenvalue weighted by Gasteiger charge is -2.34. The molecule has 140 valence electrons. The van der Waals surface area contributed by atoms with Crippen molar-refractivity contribution in [2.24, 2.45) is 0 Å². The Kier molecular flexibility index (Phi) is 5.14. The quantitative estimate of drug-likeness (QED) is 0.886. The number of nitrogens with one attached hydrogen (secondary N) is 1. The molecule has 2 aliphatic heterocycles. The molecule has 5 heteroatoms. The smallest absolute Gasteiger partial charge is 0.318 e. The Labute approximate surface area is 155 Å². The second-order valence-corrected chi connectivity index (χ2v) is 7.91. The molecule has 3 amide bonds. The van der Waals surface area contributed by atoms with Crippen molar-refractivity contribution >= 4 is 11.9 Å². The molecule has 26 heavy (non-hydrogen) atoms. The molecule has 0 aromatic heterocycles. The van der Waals surface area contributed by atoms with Gasteiger partial charge in [-0.3, -0.25) is 4.79 Å². The summed E-state index contributed by atoms with van der Waals surface area (Å²) in [7, 11) is 0. The van der Waals surface area contributed by atoms with Crippen molar-refractivity contribution in [1.29, 1.82) is 0 Å². The fourth-order valence-corrected chi connectivity index (χ4v) is 4.67. The predicted octanol–water partition coefficient (Wildman–Crippen LogP) is 3.08. The molecule has 1 saturated heterocycles. The van der Waals surface area contributed by atoms with Gasteiger partial charge in [0.05, 0.1) is 0 Å². The van der Waals surface area contributed by atoms with E-state index in [0.717, 1.165) is 38.6 Å². The van der Waals surface area contributed by atoms with Gasteiger partial charge in [0.1, 0.15) is 6.04 Å². The summed E-state index contributed by atoms with van der Waals surface area (Å²) in [4.78, 5) is 29.6. The van der Waals surface area contributed by atoms with E-state index in [1.54, 1.807) is 4.90 Å². The van der Waals surface area contributed by atoms with Crippen LogP contribution in [0.1, 0.15) is 56.1 Å². The highest BCUT2D eigenvalue weighted by Crippen LogP contribution is 2.25. The Morgan fingerprint density at radius 1 is 0.923 bits per heavy atom. The zero-order valence-electron chi connectivity index (χ0n) is 15.5. The van der Waals surface area contributed by atoms with E-state index in [2.05, 4.69) is 23.5 Å². The third-order valence-corrected chi connectivity index (χ3v) is 6.17. The summed E-state index contributed by atoms with van der Waals surface area (Å²) in [5.74, 6) is 0.121. The SMILES string of the molecule is O=C(C1CCCN1C(=O)NC1CCCCC1)N1CCc2ccccc2C1. The zero-order chi connectivity index (χ0) is 17.9. The molecule has 1 aliphatic carbocycles. The van der Waals surface area contributed by atoms with Gasteiger partial charge in [0.25, 0.3) is 0 Å². The fourth-order valence-electron chi connectivity index (χ4n) is 4.67. The zero-order valence-corrected chi connectivity index (χ0v) is 15.5. The molecule has 0 bridgehead atoms. The van der Waals surface area contributed by atoms with Crippen LogP contribution in [0.25, 0.3) is 0 Å². The minimum Gasteiger partial charge on any atom is -0.336 e. The van der Waals surface area contributed by atoms with Gasteiger partial charge in [0.2, 0.25) is 5.91 Å². The number of carbonyl (C=O) groups is 2. The minimum absolute atomic E-state index is 0.0369. The van der Waals surface area contributed by atoms with E-state index >= 15 is 0 Å². The van der Waals surface area contributed by atoms with Gasteiger partial charge in [-0.05, 0) is 43.2 Å². The average Bonchev–Trinajstić information content (AvgIpc) is 3.18. The maximum Gasteiger partial charge on any atom is 0.318 e. The van der Waals surface area contributed by atoms with E-state index in [-0.39, 0.29) is 24.0 Å². The van der Waals surface area contributed by atoms with Gasteiger partial charge in [-0.15, -0.1) is 0 Å². The highest BCUT2D eigenvalue weighted by atomic mass is 16.2. The maximum atomic E-state index is 13.1. The summed E-state index contributed by atoms with van der Waals surface area (Å²) in [6.07, 6.45) is 8.41.